The molecule has 0 unspecified atom stereocenters. The molecule has 2 aliphatic rings. The topological polar surface area (TPSA) is 58.6 Å². The minimum Gasteiger partial charge on any atom is -0.378 e. The Bertz CT molecular complexity index is 985. The number of nitrogens with one attached hydrogen (secondary N) is 1. The highest BCUT2D eigenvalue weighted by atomic mass is 16.5. The SMILES string of the molecule is Cc1ccc(NC(=O)C(=O)C2=C(N3CCOCC3)/C(=C/c3ccccc3)CC2)cc1. The van der Waals surface area contributed by atoms with Crippen molar-refractivity contribution in [3.63, 3.8) is 0 Å². The summed E-state index contributed by atoms with van der Waals surface area (Å²) in [7, 11) is 0. The molecule has 0 atom stereocenters. The van der Waals surface area contributed by atoms with Crippen LogP contribution in [0.25, 0.3) is 6.08 Å². The first-order chi connectivity index (χ1) is 14.6. The van der Waals surface area contributed by atoms with Crippen molar-refractivity contribution in [2.45, 2.75) is 19.8 Å². The molecule has 5 heteroatoms. The van der Waals surface area contributed by atoms with Crippen LogP contribution in [0.15, 0.2) is 71.4 Å². The van der Waals surface area contributed by atoms with Crippen LogP contribution in [0.2, 0.25) is 0 Å². The van der Waals surface area contributed by atoms with E-state index in [9.17, 15) is 9.59 Å². The molecule has 5 nitrogen and oxygen atoms in total. The van der Waals surface area contributed by atoms with E-state index in [0.717, 1.165) is 41.9 Å². The summed E-state index contributed by atoms with van der Waals surface area (Å²) in [4.78, 5) is 28.0. The highest BCUT2D eigenvalue weighted by Crippen LogP contribution is 2.36. The number of allylic oxidation sites excluding steroid dienone is 1. The van der Waals surface area contributed by atoms with Gasteiger partial charge >= 0.3 is 0 Å². The van der Waals surface area contributed by atoms with Crippen LogP contribution in [0.5, 0.6) is 0 Å². The predicted molar refractivity (Wildman–Crippen MR) is 118 cm³/mol. The van der Waals surface area contributed by atoms with Gasteiger partial charge in [0.15, 0.2) is 0 Å². The zero-order valence-electron chi connectivity index (χ0n) is 17.2. The lowest BCUT2D eigenvalue weighted by Gasteiger charge is -2.31. The number of nitrogens with zero attached hydrogens (tertiary/aromatic N) is 1. The summed E-state index contributed by atoms with van der Waals surface area (Å²) in [6, 6.07) is 17.5. The summed E-state index contributed by atoms with van der Waals surface area (Å²) in [6.45, 7) is 4.67. The number of ketones is 1. The van der Waals surface area contributed by atoms with E-state index in [1.807, 2.05) is 61.5 Å². The van der Waals surface area contributed by atoms with Crippen molar-refractivity contribution in [2.24, 2.45) is 0 Å². The van der Waals surface area contributed by atoms with E-state index >= 15 is 0 Å². The molecule has 2 aromatic carbocycles. The number of ether oxygens (including phenoxy) is 1. The van der Waals surface area contributed by atoms with Crippen molar-refractivity contribution >= 4 is 23.5 Å². The molecule has 1 amide bonds. The van der Waals surface area contributed by atoms with Gasteiger partial charge in [0.2, 0.25) is 5.78 Å². The lowest BCUT2D eigenvalue weighted by molar-refractivity contribution is -0.132. The average molecular weight is 402 g/mol. The molecule has 1 aliphatic heterocycles. The third kappa shape index (κ3) is 4.52. The Hall–Kier alpha value is -3.18. The molecular formula is C25H26N2O3. The van der Waals surface area contributed by atoms with Gasteiger partial charge in [0.25, 0.3) is 5.91 Å². The standard InChI is InChI=1S/C25H26N2O3/c1-18-7-10-21(11-8-18)26-25(29)24(28)22-12-9-20(17-19-5-3-2-4-6-19)23(22)27-13-15-30-16-14-27/h2-8,10-11,17H,9,12-16H2,1H3,(H,26,29)/b20-17+. The molecule has 0 radical (unpaired) electrons. The molecule has 1 aliphatic carbocycles. The molecule has 4 rings (SSSR count). The van der Waals surface area contributed by atoms with Crippen LogP contribution in [-0.4, -0.2) is 42.9 Å². The smallest absolute Gasteiger partial charge is 0.296 e. The van der Waals surface area contributed by atoms with Crippen LogP contribution < -0.4 is 5.32 Å². The summed E-state index contributed by atoms with van der Waals surface area (Å²) in [6.07, 6.45) is 3.45. The minimum atomic E-state index is -0.583. The molecule has 0 saturated carbocycles. The minimum absolute atomic E-state index is 0.450. The molecule has 154 valence electrons. The van der Waals surface area contributed by atoms with Crippen LogP contribution in [0.1, 0.15) is 24.0 Å². The van der Waals surface area contributed by atoms with Gasteiger partial charge in [-0.2, -0.15) is 0 Å². The number of Topliss-reactive ketones (excluding diaryl/α,β-unsaturated/α-hetero) is 1. The molecule has 1 fully saturated rings. The first kappa shape index (κ1) is 20.1. The Morgan fingerprint density at radius 1 is 0.967 bits per heavy atom. The average Bonchev–Trinajstić information content (AvgIpc) is 3.19. The van der Waals surface area contributed by atoms with Crippen molar-refractivity contribution in [1.29, 1.82) is 0 Å². The van der Waals surface area contributed by atoms with E-state index in [4.69, 9.17) is 4.74 Å². The number of carbonyl (C=O) groups is 2. The number of rotatable bonds is 5. The number of amides is 1. The lowest BCUT2D eigenvalue weighted by atomic mass is 10.1. The summed E-state index contributed by atoms with van der Waals surface area (Å²) in [5, 5.41) is 2.75. The van der Waals surface area contributed by atoms with E-state index in [1.165, 1.54) is 0 Å². The maximum absolute atomic E-state index is 13.1. The molecule has 1 saturated heterocycles. The summed E-state index contributed by atoms with van der Waals surface area (Å²) < 4.78 is 5.50. The van der Waals surface area contributed by atoms with Crippen molar-refractivity contribution in [3.05, 3.63) is 82.6 Å². The van der Waals surface area contributed by atoms with Gasteiger partial charge in [0.1, 0.15) is 0 Å². The molecule has 2 aromatic rings. The second-order valence-electron chi connectivity index (χ2n) is 7.66. The molecule has 0 aromatic heterocycles. The van der Waals surface area contributed by atoms with Crippen molar-refractivity contribution < 1.29 is 14.3 Å². The molecule has 30 heavy (non-hydrogen) atoms. The first-order valence-electron chi connectivity index (χ1n) is 10.4. The number of hydrogen-bond acceptors (Lipinski definition) is 4. The third-order valence-corrected chi connectivity index (χ3v) is 5.49. The zero-order chi connectivity index (χ0) is 20.9. The van der Waals surface area contributed by atoms with Gasteiger partial charge in [-0.3, -0.25) is 9.59 Å². The molecule has 1 heterocycles. The third-order valence-electron chi connectivity index (χ3n) is 5.49. The van der Waals surface area contributed by atoms with Gasteiger partial charge in [-0.05, 0) is 49.1 Å². The second-order valence-corrected chi connectivity index (χ2v) is 7.66. The van der Waals surface area contributed by atoms with Crippen molar-refractivity contribution in [1.82, 2.24) is 4.90 Å². The van der Waals surface area contributed by atoms with Crippen LogP contribution in [0.4, 0.5) is 5.69 Å². The highest BCUT2D eigenvalue weighted by Gasteiger charge is 2.32. The molecule has 1 N–H and O–H groups in total. The summed E-state index contributed by atoms with van der Waals surface area (Å²) >= 11 is 0. The second kappa shape index (κ2) is 9.09. The highest BCUT2D eigenvalue weighted by molar-refractivity contribution is 6.46. The van der Waals surface area contributed by atoms with E-state index in [2.05, 4.69) is 16.3 Å². The molecule has 0 bridgehead atoms. The Labute approximate surface area is 177 Å². The first-order valence-corrected chi connectivity index (χ1v) is 10.4. The Morgan fingerprint density at radius 2 is 1.67 bits per heavy atom. The predicted octanol–water partition coefficient (Wildman–Crippen LogP) is 3.97. The maximum atomic E-state index is 13.1. The number of anilines is 1. The van der Waals surface area contributed by atoms with Crippen molar-refractivity contribution in [2.75, 3.05) is 31.6 Å². The van der Waals surface area contributed by atoms with E-state index < -0.39 is 11.7 Å². The van der Waals surface area contributed by atoms with Gasteiger partial charge in [-0.15, -0.1) is 0 Å². The number of aryl methyl sites for hydroxylation is 1. The molecule has 0 spiro atoms. The normalized spacial score (nSPS) is 18.0. The molecular weight excluding hydrogens is 376 g/mol. The summed E-state index contributed by atoms with van der Waals surface area (Å²) in [5.41, 5.74) is 5.44. The van der Waals surface area contributed by atoms with E-state index in [1.54, 1.807) is 0 Å². The van der Waals surface area contributed by atoms with Gasteiger partial charge in [-0.1, -0.05) is 48.0 Å². The number of benzene rings is 2. The Morgan fingerprint density at radius 3 is 2.37 bits per heavy atom. The number of hydrogen-bond donors (Lipinski definition) is 1. The van der Waals surface area contributed by atoms with Gasteiger partial charge < -0.3 is 15.0 Å². The lowest BCUT2D eigenvalue weighted by Crippen LogP contribution is -2.37. The Kier molecular flexibility index (Phi) is 6.10. The fraction of sp³-hybridized carbons (Fsp3) is 0.280. The monoisotopic (exact) mass is 402 g/mol. The van der Waals surface area contributed by atoms with Crippen LogP contribution >= 0.6 is 0 Å². The van der Waals surface area contributed by atoms with E-state index in [-0.39, 0.29) is 0 Å². The van der Waals surface area contributed by atoms with Crippen molar-refractivity contribution in [3.8, 4) is 0 Å². The van der Waals surface area contributed by atoms with Crippen LogP contribution in [0, 0.1) is 6.92 Å². The number of carbonyl (C=O) groups excluding carboxylic acids is 2. The van der Waals surface area contributed by atoms with Gasteiger partial charge in [0.05, 0.1) is 13.2 Å². The fourth-order valence-corrected chi connectivity index (χ4v) is 3.95. The van der Waals surface area contributed by atoms with Gasteiger partial charge in [-0.25, -0.2) is 0 Å². The van der Waals surface area contributed by atoms with Crippen LogP contribution in [0.3, 0.4) is 0 Å². The summed E-state index contributed by atoms with van der Waals surface area (Å²) in [5.74, 6) is -1.03. The maximum Gasteiger partial charge on any atom is 0.296 e. The Balaban J connectivity index is 1.63. The number of morpholine rings is 1. The quantitative estimate of drug-likeness (QED) is 0.769. The van der Waals surface area contributed by atoms with Crippen LogP contribution in [-0.2, 0) is 14.3 Å². The van der Waals surface area contributed by atoms with E-state index in [0.29, 0.717) is 30.9 Å². The fourth-order valence-electron chi connectivity index (χ4n) is 3.95. The van der Waals surface area contributed by atoms with Gasteiger partial charge in [0, 0.05) is 30.0 Å². The zero-order valence-corrected chi connectivity index (χ0v) is 17.2. The largest absolute Gasteiger partial charge is 0.378 e.